The number of amides is 3. The van der Waals surface area contributed by atoms with Crippen LogP contribution in [-0.2, 0) is 0 Å². The van der Waals surface area contributed by atoms with Crippen LogP contribution in [0.3, 0.4) is 0 Å². The molecule has 7 heteroatoms. The Bertz CT molecular complexity index is 561. The molecule has 1 aromatic heterocycles. The third-order valence-electron chi connectivity index (χ3n) is 4.94. The molecule has 0 bridgehead atoms. The van der Waals surface area contributed by atoms with Crippen molar-refractivity contribution < 1.29 is 9.59 Å². The van der Waals surface area contributed by atoms with Gasteiger partial charge >= 0.3 is 6.03 Å². The van der Waals surface area contributed by atoms with Crippen molar-refractivity contribution in [2.24, 2.45) is 5.41 Å². The first-order valence-electron chi connectivity index (χ1n) is 8.64. The molecule has 6 nitrogen and oxygen atoms in total. The summed E-state index contributed by atoms with van der Waals surface area (Å²) in [5, 5.41) is 8.40. The van der Waals surface area contributed by atoms with Crippen LogP contribution >= 0.6 is 11.3 Å². The molecule has 0 aromatic carbocycles. The number of hydrogen-bond donors (Lipinski definition) is 2. The lowest BCUT2D eigenvalue weighted by Crippen LogP contribution is -2.55. The van der Waals surface area contributed by atoms with E-state index in [1.807, 2.05) is 27.3 Å². The minimum absolute atomic E-state index is 0.00924. The molecule has 0 radical (unpaired) electrons. The summed E-state index contributed by atoms with van der Waals surface area (Å²) in [6.45, 7) is 7.34. The third-order valence-corrected chi connectivity index (χ3v) is 5.80. The highest BCUT2D eigenvalue weighted by atomic mass is 32.1. The van der Waals surface area contributed by atoms with Gasteiger partial charge in [-0.25, -0.2) is 4.79 Å². The molecule has 0 saturated carbocycles. The summed E-state index contributed by atoms with van der Waals surface area (Å²) in [6.07, 6.45) is 2.30. The van der Waals surface area contributed by atoms with Crippen molar-refractivity contribution in [3.8, 4) is 0 Å². The molecule has 1 unspecified atom stereocenters. The van der Waals surface area contributed by atoms with Crippen LogP contribution in [-0.4, -0.2) is 67.6 Å². The lowest BCUT2D eigenvalue weighted by molar-refractivity contribution is 0.0667. The quantitative estimate of drug-likeness (QED) is 0.870. The van der Waals surface area contributed by atoms with Crippen LogP contribution in [0.4, 0.5) is 4.79 Å². The fraction of sp³-hybridized carbons (Fsp3) is 0.647. The van der Waals surface area contributed by atoms with Gasteiger partial charge < -0.3 is 20.4 Å². The summed E-state index contributed by atoms with van der Waals surface area (Å²) >= 11 is 1.47. The Morgan fingerprint density at radius 3 is 2.67 bits per heavy atom. The van der Waals surface area contributed by atoms with Gasteiger partial charge in [0.25, 0.3) is 5.91 Å². The zero-order chi connectivity index (χ0) is 17.0. The smallest absolute Gasteiger partial charge is 0.317 e. The Hall–Kier alpha value is -1.60. The van der Waals surface area contributed by atoms with E-state index in [4.69, 9.17) is 0 Å². The highest BCUT2D eigenvalue weighted by molar-refractivity contribution is 7.12. The summed E-state index contributed by atoms with van der Waals surface area (Å²) in [4.78, 5) is 29.1. The van der Waals surface area contributed by atoms with E-state index >= 15 is 0 Å². The number of nitrogens with zero attached hydrogens (tertiary/aromatic N) is 2. The molecule has 132 valence electrons. The van der Waals surface area contributed by atoms with Crippen molar-refractivity contribution in [1.29, 1.82) is 0 Å². The van der Waals surface area contributed by atoms with Gasteiger partial charge in [0.1, 0.15) is 0 Å². The molecule has 3 amide bonds. The number of rotatable bonds is 3. The van der Waals surface area contributed by atoms with Crippen molar-refractivity contribution in [3.63, 3.8) is 0 Å². The van der Waals surface area contributed by atoms with Gasteiger partial charge in [-0.2, -0.15) is 0 Å². The van der Waals surface area contributed by atoms with Gasteiger partial charge in [0.05, 0.1) is 4.88 Å². The van der Waals surface area contributed by atoms with Crippen molar-refractivity contribution in [2.75, 3.05) is 45.8 Å². The molecule has 1 aromatic rings. The van der Waals surface area contributed by atoms with Crippen LogP contribution in [0.2, 0.25) is 0 Å². The maximum absolute atomic E-state index is 12.4. The average molecular weight is 350 g/mol. The SMILES string of the molecule is CC1(CNC(=O)N2CCN(C(=O)c3cccs3)CC2)CCCNC1. The normalized spacial score (nSPS) is 24.7. The first kappa shape index (κ1) is 17.2. The monoisotopic (exact) mass is 350 g/mol. The van der Waals surface area contributed by atoms with E-state index < -0.39 is 0 Å². The standard InChI is InChI=1S/C17H26N4O2S/c1-17(5-3-6-18-12-17)13-19-16(23)21-9-7-20(8-10-21)15(22)14-4-2-11-24-14/h2,4,11,18H,3,5-10,12-13H2,1H3,(H,19,23). The number of carbonyl (C=O) groups excluding carboxylic acids is 2. The maximum atomic E-state index is 12.4. The predicted molar refractivity (Wildman–Crippen MR) is 95.4 cm³/mol. The molecule has 24 heavy (non-hydrogen) atoms. The van der Waals surface area contributed by atoms with Crippen LogP contribution in [0.1, 0.15) is 29.4 Å². The number of hydrogen-bond acceptors (Lipinski definition) is 4. The van der Waals surface area contributed by atoms with Crippen LogP contribution in [0.15, 0.2) is 17.5 Å². The lowest BCUT2D eigenvalue weighted by atomic mass is 9.83. The largest absolute Gasteiger partial charge is 0.337 e. The van der Waals surface area contributed by atoms with E-state index in [1.54, 1.807) is 0 Å². The molecule has 2 aliphatic rings. The molecule has 2 saturated heterocycles. The number of carbonyl (C=O) groups is 2. The van der Waals surface area contributed by atoms with Gasteiger partial charge in [-0.15, -0.1) is 11.3 Å². The van der Waals surface area contributed by atoms with Crippen LogP contribution in [0.25, 0.3) is 0 Å². The third kappa shape index (κ3) is 4.08. The van der Waals surface area contributed by atoms with Crippen LogP contribution in [0.5, 0.6) is 0 Å². The Kier molecular flexibility index (Phi) is 5.40. The molecule has 2 N–H and O–H groups in total. The van der Waals surface area contributed by atoms with E-state index in [9.17, 15) is 9.59 Å². The number of urea groups is 1. The second kappa shape index (κ2) is 7.53. The van der Waals surface area contributed by atoms with Gasteiger partial charge in [0.2, 0.25) is 0 Å². The fourth-order valence-corrected chi connectivity index (χ4v) is 4.03. The van der Waals surface area contributed by atoms with E-state index in [2.05, 4.69) is 17.6 Å². The second-order valence-corrected chi connectivity index (χ2v) is 7.95. The Balaban J connectivity index is 1.44. The summed E-state index contributed by atoms with van der Waals surface area (Å²) in [6, 6.07) is 3.73. The number of thiophene rings is 1. The van der Waals surface area contributed by atoms with Crippen LogP contribution in [0, 0.1) is 5.41 Å². The molecule has 3 heterocycles. The maximum Gasteiger partial charge on any atom is 0.317 e. The summed E-state index contributed by atoms with van der Waals surface area (Å²) < 4.78 is 0. The predicted octanol–water partition coefficient (Wildman–Crippen LogP) is 1.61. The number of nitrogens with one attached hydrogen (secondary N) is 2. The molecular weight excluding hydrogens is 324 g/mol. The van der Waals surface area contributed by atoms with Gasteiger partial charge in [-0.05, 0) is 36.2 Å². The Morgan fingerprint density at radius 2 is 2.04 bits per heavy atom. The first-order chi connectivity index (χ1) is 11.6. The van der Waals surface area contributed by atoms with E-state index in [0.29, 0.717) is 32.7 Å². The Labute approximate surface area is 147 Å². The van der Waals surface area contributed by atoms with Gasteiger partial charge in [0.15, 0.2) is 0 Å². The first-order valence-corrected chi connectivity index (χ1v) is 9.52. The zero-order valence-corrected chi connectivity index (χ0v) is 15.0. The van der Waals surface area contributed by atoms with E-state index in [-0.39, 0.29) is 17.4 Å². The molecule has 1 atom stereocenters. The zero-order valence-electron chi connectivity index (χ0n) is 14.2. The van der Waals surface area contributed by atoms with E-state index in [0.717, 1.165) is 30.8 Å². The Morgan fingerprint density at radius 1 is 1.29 bits per heavy atom. The summed E-state index contributed by atoms with van der Waals surface area (Å²) in [5.41, 5.74) is 0.144. The topological polar surface area (TPSA) is 64.7 Å². The molecule has 3 rings (SSSR count). The van der Waals surface area contributed by atoms with Gasteiger partial charge in [-0.1, -0.05) is 13.0 Å². The van der Waals surface area contributed by atoms with Crippen LogP contribution < -0.4 is 10.6 Å². The van der Waals surface area contributed by atoms with Crippen molar-refractivity contribution >= 4 is 23.3 Å². The van der Waals surface area contributed by atoms with Gasteiger partial charge in [0, 0.05) is 39.3 Å². The molecule has 2 fully saturated rings. The fourth-order valence-electron chi connectivity index (χ4n) is 3.34. The lowest BCUT2D eigenvalue weighted by Gasteiger charge is -2.37. The highest BCUT2D eigenvalue weighted by Gasteiger charge is 2.29. The van der Waals surface area contributed by atoms with Gasteiger partial charge in [-0.3, -0.25) is 4.79 Å². The molecular formula is C17H26N4O2S. The summed E-state index contributed by atoms with van der Waals surface area (Å²) in [5.74, 6) is 0.0749. The molecule has 2 aliphatic heterocycles. The minimum Gasteiger partial charge on any atom is -0.337 e. The minimum atomic E-state index is -0.00924. The number of piperazine rings is 1. The highest BCUT2D eigenvalue weighted by Crippen LogP contribution is 2.24. The van der Waals surface area contributed by atoms with E-state index in [1.165, 1.54) is 11.3 Å². The van der Waals surface area contributed by atoms with Crippen molar-refractivity contribution in [1.82, 2.24) is 20.4 Å². The van der Waals surface area contributed by atoms with Crippen molar-refractivity contribution in [2.45, 2.75) is 19.8 Å². The molecule has 0 spiro atoms. The second-order valence-electron chi connectivity index (χ2n) is 7.01. The molecule has 0 aliphatic carbocycles. The average Bonchev–Trinajstić information content (AvgIpc) is 3.14. The number of piperidine rings is 1. The van der Waals surface area contributed by atoms with Crippen molar-refractivity contribution in [3.05, 3.63) is 22.4 Å². The summed E-state index contributed by atoms with van der Waals surface area (Å²) in [7, 11) is 0.